The molecule has 0 heteroatoms. The highest BCUT2D eigenvalue weighted by Crippen LogP contribution is 2.33. The Labute approximate surface area is 124 Å². The zero-order valence-corrected chi connectivity index (χ0v) is 11.8. The molecule has 0 saturated carbocycles. The Balaban J connectivity index is 2.12. The minimum atomic E-state index is 1.01. The van der Waals surface area contributed by atoms with E-state index in [1.165, 1.54) is 32.7 Å². The van der Waals surface area contributed by atoms with Crippen molar-refractivity contribution in [1.82, 2.24) is 0 Å². The molecule has 0 unspecified atom stereocenters. The van der Waals surface area contributed by atoms with Gasteiger partial charge in [-0.2, -0.15) is 0 Å². The van der Waals surface area contributed by atoms with E-state index >= 15 is 0 Å². The minimum absolute atomic E-state index is 1.01. The van der Waals surface area contributed by atoms with E-state index in [-0.39, 0.29) is 0 Å². The Morgan fingerprint density at radius 1 is 0.714 bits per heavy atom. The molecule has 0 nitrogen and oxygen atoms in total. The van der Waals surface area contributed by atoms with Crippen molar-refractivity contribution in [2.75, 3.05) is 0 Å². The molecule has 0 amide bonds. The van der Waals surface area contributed by atoms with Gasteiger partial charge >= 0.3 is 0 Å². The zero-order valence-electron chi connectivity index (χ0n) is 11.8. The average molecular weight is 268 g/mol. The Morgan fingerprint density at radius 2 is 1.48 bits per heavy atom. The molecule has 0 bridgehead atoms. The fourth-order valence-corrected chi connectivity index (χ4v) is 3.05. The average Bonchev–Trinajstić information content (AvgIpc) is 2.83. The van der Waals surface area contributed by atoms with E-state index < -0.39 is 0 Å². The highest BCUT2D eigenvalue weighted by Gasteiger charge is 2.08. The topological polar surface area (TPSA) is 0 Å². The maximum Gasteiger partial charge on any atom is -0.00990 e. The van der Waals surface area contributed by atoms with Gasteiger partial charge in [-0.3, -0.25) is 0 Å². The molecular weight excluding hydrogens is 252 g/mol. The van der Waals surface area contributed by atoms with Crippen molar-refractivity contribution in [1.29, 1.82) is 0 Å². The van der Waals surface area contributed by atoms with Gasteiger partial charge < -0.3 is 0 Å². The molecule has 3 aromatic carbocycles. The predicted molar refractivity (Wildman–Crippen MR) is 92.3 cm³/mol. The van der Waals surface area contributed by atoms with Crippen LogP contribution in [0.4, 0.5) is 0 Å². The number of allylic oxidation sites excluding steroid dienone is 6. The van der Waals surface area contributed by atoms with Crippen LogP contribution in [0.5, 0.6) is 0 Å². The maximum absolute atomic E-state index is 2.31. The van der Waals surface area contributed by atoms with Crippen LogP contribution in [0.1, 0.15) is 12.0 Å². The highest BCUT2D eigenvalue weighted by molar-refractivity contribution is 6.12. The molecule has 3 aromatic rings. The van der Waals surface area contributed by atoms with E-state index in [9.17, 15) is 0 Å². The minimum Gasteiger partial charge on any atom is -0.0807 e. The molecule has 1 aliphatic carbocycles. The predicted octanol–water partition coefficient (Wildman–Crippen LogP) is 5.89. The third-order valence-corrected chi connectivity index (χ3v) is 4.06. The molecule has 0 N–H and O–H groups in total. The first-order chi connectivity index (χ1) is 10.4. The normalized spacial score (nSPS) is 14.4. The number of hydrogen-bond donors (Lipinski definition) is 0. The van der Waals surface area contributed by atoms with Crippen LogP contribution < -0.4 is 0 Å². The van der Waals surface area contributed by atoms with Gasteiger partial charge in [-0.05, 0) is 45.2 Å². The highest BCUT2D eigenvalue weighted by atomic mass is 14.1. The Hall–Kier alpha value is -2.60. The van der Waals surface area contributed by atoms with Crippen LogP contribution in [0.2, 0.25) is 0 Å². The number of hydrogen-bond acceptors (Lipinski definition) is 0. The van der Waals surface area contributed by atoms with Crippen molar-refractivity contribution in [3.05, 3.63) is 90.5 Å². The summed E-state index contributed by atoms with van der Waals surface area (Å²) in [7, 11) is 0. The summed E-state index contributed by atoms with van der Waals surface area (Å²) >= 11 is 0. The summed E-state index contributed by atoms with van der Waals surface area (Å²) in [6.45, 7) is 0. The molecule has 0 heterocycles. The maximum atomic E-state index is 2.31. The van der Waals surface area contributed by atoms with E-state index in [2.05, 4.69) is 85.0 Å². The molecule has 0 spiro atoms. The van der Waals surface area contributed by atoms with Gasteiger partial charge in [0.15, 0.2) is 0 Å². The lowest BCUT2D eigenvalue weighted by molar-refractivity contribution is 1.41. The fraction of sp³-hybridized carbons (Fsp3) is 0.0476. The molecule has 0 atom stereocenters. The van der Waals surface area contributed by atoms with E-state index in [1.54, 1.807) is 0 Å². The molecule has 0 saturated heterocycles. The van der Waals surface area contributed by atoms with Gasteiger partial charge in [0, 0.05) is 0 Å². The fourth-order valence-electron chi connectivity index (χ4n) is 3.05. The molecule has 4 rings (SSSR count). The molecule has 21 heavy (non-hydrogen) atoms. The summed E-state index contributed by atoms with van der Waals surface area (Å²) in [5, 5.41) is 5.27. The number of fused-ring (bicyclic) bond motifs is 3. The number of benzene rings is 3. The van der Waals surface area contributed by atoms with Gasteiger partial charge in [0.1, 0.15) is 0 Å². The van der Waals surface area contributed by atoms with Crippen molar-refractivity contribution < 1.29 is 0 Å². The van der Waals surface area contributed by atoms with Crippen LogP contribution >= 0.6 is 0 Å². The van der Waals surface area contributed by atoms with Crippen LogP contribution in [0.15, 0.2) is 85.0 Å². The second kappa shape index (κ2) is 5.06. The lowest BCUT2D eigenvalue weighted by atomic mass is 9.93. The third-order valence-electron chi connectivity index (χ3n) is 4.06. The number of rotatable bonds is 1. The smallest absolute Gasteiger partial charge is 0.00990 e. The molecule has 0 aliphatic heterocycles. The van der Waals surface area contributed by atoms with Gasteiger partial charge in [-0.25, -0.2) is 0 Å². The Bertz CT molecular complexity index is 908. The van der Waals surface area contributed by atoms with Crippen molar-refractivity contribution in [3.63, 3.8) is 0 Å². The summed E-state index contributed by atoms with van der Waals surface area (Å²) < 4.78 is 0. The van der Waals surface area contributed by atoms with Crippen LogP contribution in [-0.2, 0) is 0 Å². The van der Waals surface area contributed by atoms with Crippen LogP contribution in [0.3, 0.4) is 0 Å². The van der Waals surface area contributed by atoms with Gasteiger partial charge in [0.05, 0.1) is 0 Å². The lowest BCUT2D eigenvalue weighted by Crippen LogP contribution is -1.86. The zero-order chi connectivity index (χ0) is 14.1. The Morgan fingerprint density at radius 3 is 2.38 bits per heavy atom. The van der Waals surface area contributed by atoms with Crippen molar-refractivity contribution in [2.24, 2.45) is 0 Å². The summed E-state index contributed by atoms with van der Waals surface area (Å²) in [5.41, 5.74) is 2.60. The van der Waals surface area contributed by atoms with Crippen LogP contribution in [-0.4, -0.2) is 0 Å². The Kier molecular flexibility index (Phi) is 2.93. The molecule has 100 valence electrons. The summed E-state index contributed by atoms with van der Waals surface area (Å²) in [6, 6.07) is 19.6. The molecular formula is C21H16. The summed E-state index contributed by atoms with van der Waals surface area (Å²) in [6.07, 6.45) is 12.0. The van der Waals surface area contributed by atoms with E-state index in [0.717, 1.165) is 6.42 Å². The van der Waals surface area contributed by atoms with E-state index in [1.807, 2.05) is 0 Å². The molecule has 0 fully saturated rings. The van der Waals surface area contributed by atoms with E-state index in [4.69, 9.17) is 0 Å². The monoisotopic (exact) mass is 268 g/mol. The molecule has 1 aliphatic rings. The lowest BCUT2D eigenvalue weighted by Gasteiger charge is -2.11. The first kappa shape index (κ1) is 12.2. The standard InChI is InChI=1S/C21H16/c1-2-4-10-16(9-3-1)21-15-17-11-5-6-12-18(17)19-13-7-8-14-20(19)21/h1,3-15H,2H2. The first-order valence-electron chi connectivity index (χ1n) is 7.38. The quantitative estimate of drug-likeness (QED) is 0.482. The van der Waals surface area contributed by atoms with E-state index in [0.29, 0.717) is 0 Å². The van der Waals surface area contributed by atoms with Crippen molar-refractivity contribution in [2.45, 2.75) is 6.42 Å². The summed E-state index contributed by atoms with van der Waals surface area (Å²) in [4.78, 5) is 0. The van der Waals surface area contributed by atoms with Crippen LogP contribution in [0.25, 0.3) is 27.1 Å². The van der Waals surface area contributed by atoms with Gasteiger partial charge in [-0.15, -0.1) is 0 Å². The van der Waals surface area contributed by atoms with Gasteiger partial charge in [0.2, 0.25) is 0 Å². The van der Waals surface area contributed by atoms with Gasteiger partial charge in [0.25, 0.3) is 0 Å². The van der Waals surface area contributed by atoms with Crippen LogP contribution in [0, 0.1) is 0 Å². The third kappa shape index (κ3) is 2.09. The van der Waals surface area contributed by atoms with Crippen molar-refractivity contribution in [3.8, 4) is 0 Å². The van der Waals surface area contributed by atoms with Gasteiger partial charge in [-0.1, -0.05) is 78.9 Å². The first-order valence-corrected chi connectivity index (χ1v) is 7.38. The largest absolute Gasteiger partial charge is 0.0807 e. The molecule has 0 radical (unpaired) electrons. The van der Waals surface area contributed by atoms with Crippen molar-refractivity contribution >= 4 is 27.1 Å². The summed E-state index contributed by atoms with van der Waals surface area (Å²) in [5.74, 6) is 0. The second-order valence-corrected chi connectivity index (χ2v) is 5.38. The SMILES string of the molecule is C1=CCC=CC(c2cc3ccccc3c3ccccc23)=C1. The molecule has 0 aromatic heterocycles. The second-order valence-electron chi connectivity index (χ2n) is 5.38.